The van der Waals surface area contributed by atoms with Crippen LogP contribution >= 0.6 is 0 Å². The zero-order valence-corrected chi connectivity index (χ0v) is 12.3. The molecule has 1 aromatic rings. The quantitative estimate of drug-likeness (QED) is 0.914. The van der Waals surface area contributed by atoms with Crippen LogP contribution in [-0.4, -0.2) is 36.5 Å². The largest absolute Gasteiger partial charge is 0.341 e. The Morgan fingerprint density at radius 3 is 3.00 bits per heavy atom. The van der Waals surface area contributed by atoms with Crippen molar-refractivity contribution in [2.75, 3.05) is 19.6 Å². The maximum Gasteiger partial charge on any atom is 0.222 e. The van der Waals surface area contributed by atoms with Crippen molar-refractivity contribution in [3.8, 4) is 0 Å². The Morgan fingerprint density at radius 1 is 1.35 bits per heavy atom. The van der Waals surface area contributed by atoms with E-state index in [2.05, 4.69) is 41.4 Å². The van der Waals surface area contributed by atoms with Gasteiger partial charge in [0.25, 0.3) is 0 Å². The number of amides is 1. The number of hydrogen-bond donors (Lipinski definition) is 1. The summed E-state index contributed by atoms with van der Waals surface area (Å²) in [6, 6.07) is 8.91. The molecular formula is C17H24N2O. The highest BCUT2D eigenvalue weighted by molar-refractivity contribution is 5.77. The maximum absolute atomic E-state index is 12.4. The van der Waals surface area contributed by atoms with Crippen molar-refractivity contribution in [3.05, 3.63) is 35.4 Å². The van der Waals surface area contributed by atoms with E-state index in [1.807, 2.05) is 0 Å². The van der Waals surface area contributed by atoms with Gasteiger partial charge in [-0.1, -0.05) is 24.3 Å². The highest BCUT2D eigenvalue weighted by Crippen LogP contribution is 2.25. The summed E-state index contributed by atoms with van der Waals surface area (Å²) in [5.41, 5.74) is 2.59. The molecule has 3 heteroatoms. The minimum Gasteiger partial charge on any atom is -0.341 e. The van der Waals surface area contributed by atoms with Gasteiger partial charge in [-0.3, -0.25) is 4.79 Å². The number of piperidine rings is 1. The van der Waals surface area contributed by atoms with E-state index in [1.54, 1.807) is 0 Å². The molecule has 2 fully saturated rings. The number of hydrogen-bond acceptors (Lipinski definition) is 2. The fourth-order valence-electron chi connectivity index (χ4n) is 3.54. The lowest BCUT2D eigenvalue weighted by atomic mass is 9.94. The second-order valence-electron chi connectivity index (χ2n) is 6.19. The Hall–Kier alpha value is -1.35. The van der Waals surface area contributed by atoms with E-state index in [9.17, 15) is 4.79 Å². The number of benzene rings is 1. The highest BCUT2D eigenvalue weighted by atomic mass is 16.2. The summed E-state index contributed by atoms with van der Waals surface area (Å²) < 4.78 is 0. The summed E-state index contributed by atoms with van der Waals surface area (Å²) in [6.45, 7) is 5.11. The normalized spacial score (nSPS) is 25.6. The zero-order chi connectivity index (χ0) is 13.9. The lowest BCUT2D eigenvalue weighted by Gasteiger charge is -2.24. The Morgan fingerprint density at radius 2 is 2.20 bits per heavy atom. The lowest BCUT2D eigenvalue weighted by molar-refractivity contribution is -0.130. The number of nitrogens with zero attached hydrogens (tertiary/aromatic N) is 1. The van der Waals surface area contributed by atoms with Gasteiger partial charge in [0.2, 0.25) is 5.91 Å². The van der Waals surface area contributed by atoms with Gasteiger partial charge in [0.15, 0.2) is 0 Å². The van der Waals surface area contributed by atoms with Crippen molar-refractivity contribution in [3.63, 3.8) is 0 Å². The molecule has 0 unspecified atom stereocenters. The van der Waals surface area contributed by atoms with Crippen molar-refractivity contribution in [2.24, 2.45) is 5.92 Å². The van der Waals surface area contributed by atoms with E-state index in [-0.39, 0.29) is 0 Å². The molecule has 0 aromatic heterocycles. The van der Waals surface area contributed by atoms with Crippen LogP contribution in [0.25, 0.3) is 0 Å². The molecule has 3 rings (SSSR count). The second kappa shape index (κ2) is 5.96. The van der Waals surface area contributed by atoms with Gasteiger partial charge < -0.3 is 10.2 Å². The number of rotatable bonds is 3. The van der Waals surface area contributed by atoms with Gasteiger partial charge in [-0.05, 0) is 49.8 Å². The van der Waals surface area contributed by atoms with Gasteiger partial charge in [0.1, 0.15) is 0 Å². The number of carbonyl (C=O) groups is 1. The van der Waals surface area contributed by atoms with Gasteiger partial charge in [0, 0.05) is 25.6 Å². The number of fused-ring (bicyclic) bond motifs is 1. The van der Waals surface area contributed by atoms with Crippen LogP contribution in [0.1, 0.15) is 30.4 Å². The van der Waals surface area contributed by atoms with Crippen LogP contribution in [0.5, 0.6) is 0 Å². The number of likely N-dealkylation sites (tertiary alicyclic amines) is 1. The molecule has 108 valence electrons. The van der Waals surface area contributed by atoms with Gasteiger partial charge >= 0.3 is 0 Å². The molecule has 1 N–H and O–H groups in total. The minimum absolute atomic E-state index is 0.324. The Bertz CT molecular complexity index is 472. The standard InChI is InChI=1S/C17H24N2O/c1-13-5-2-3-6-14(13)8-9-17(20)19-11-15-7-4-10-18-16(15)12-19/h2-3,5-6,15-16,18H,4,7-12H2,1H3/t15-,16+/m0/s1. The fraction of sp³-hybridized carbons (Fsp3) is 0.588. The average Bonchev–Trinajstić information content (AvgIpc) is 2.90. The molecule has 3 nitrogen and oxygen atoms in total. The van der Waals surface area contributed by atoms with Crippen molar-refractivity contribution >= 4 is 5.91 Å². The highest BCUT2D eigenvalue weighted by Gasteiger charge is 2.35. The van der Waals surface area contributed by atoms with Gasteiger partial charge in [-0.25, -0.2) is 0 Å². The zero-order valence-electron chi connectivity index (χ0n) is 12.3. The Labute approximate surface area is 121 Å². The molecule has 0 spiro atoms. The van der Waals surface area contributed by atoms with Crippen molar-refractivity contribution in [2.45, 2.75) is 38.6 Å². The fourth-order valence-corrected chi connectivity index (χ4v) is 3.54. The molecule has 2 saturated heterocycles. The minimum atomic E-state index is 0.324. The topological polar surface area (TPSA) is 32.3 Å². The number of aryl methyl sites for hydroxylation is 2. The van der Waals surface area contributed by atoms with Crippen molar-refractivity contribution in [1.82, 2.24) is 10.2 Å². The summed E-state index contributed by atoms with van der Waals surface area (Å²) >= 11 is 0. The van der Waals surface area contributed by atoms with Crippen molar-refractivity contribution < 1.29 is 4.79 Å². The van der Waals surface area contributed by atoms with Crippen LogP contribution in [0.3, 0.4) is 0 Å². The molecule has 0 saturated carbocycles. The maximum atomic E-state index is 12.4. The molecule has 0 aliphatic carbocycles. The molecule has 20 heavy (non-hydrogen) atoms. The molecule has 0 radical (unpaired) electrons. The molecule has 2 aliphatic rings. The predicted molar refractivity (Wildman–Crippen MR) is 80.6 cm³/mol. The molecule has 1 aromatic carbocycles. The molecule has 2 heterocycles. The summed E-state index contributed by atoms with van der Waals surface area (Å²) in [5.74, 6) is 1.01. The van der Waals surface area contributed by atoms with E-state index in [0.717, 1.165) is 26.1 Å². The van der Waals surface area contributed by atoms with E-state index in [1.165, 1.54) is 24.0 Å². The Kier molecular flexibility index (Phi) is 4.06. The van der Waals surface area contributed by atoms with E-state index in [0.29, 0.717) is 24.3 Å². The van der Waals surface area contributed by atoms with E-state index in [4.69, 9.17) is 0 Å². The Balaban J connectivity index is 1.54. The van der Waals surface area contributed by atoms with Crippen LogP contribution in [0.2, 0.25) is 0 Å². The summed E-state index contributed by atoms with van der Waals surface area (Å²) in [6.07, 6.45) is 4.04. The van der Waals surface area contributed by atoms with Gasteiger partial charge in [0.05, 0.1) is 0 Å². The third kappa shape index (κ3) is 2.88. The predicted octanol–water partition coefficient (Wildman–Crippen LogP) is 2.14. The summed E-state index contributed by atoms with van der Waals surface area (Å²) in [7, 11) is 0. The smallest absolute Gasteiger partial charge is 0.222 e. The van der Waals surface area contributed by atoms with Crippen LogP contribution in [-0.2, 0) is 11.2 Å². The number of carbonyl (C=O) groups excluding carboxylic acids is 1. The van der Waals surface area contributed by atoms with E-state index >= 15 is 0 Å². The van der Waals surface area contributed by atoms with Crippen LogP contribution in [0, 0.1) is 12.8 Å². The molecule has 2 atom stereocenters. The van der Waals surface area contributed by atoms with Crippen LogP contribution in [0.4, 0.5) is 0 Å². The molecule has 1 amide bonds. The monoisotopic (exact) mass is 272 g/mol. The van der Waals surface area contributed by atoms with Gasteiger partial charge in [-0.15, -0.1) is 0 Å². The average molecular weight is 272 g/mol. The summed E-state index contributed by atoms with van der Waals surface area (Å²) in [4.78, 5) is 14.4. The first-order chi connectivity index (χ1) is 9.74. The third-order valence-corrected chi connectivity index (χ3v) is 4.82. The first-order valence-electron chi connectivity index (χ1n) is 7.79. The van der Waals surface area contributed by atoms with Crippen LogP contribution in [0.15, 0.2) is 24.3 Å². The molecular weight excluding hydrogens is 248 g/mol. The van der Waals surface area contributed by atoms with E-state index < -0.39 is 0 Å². The first kappa shape index (κ1) is 13.6. The lowest BCUT2D eigenvalue weighted by Crippen LogP contribution is -2.41. The molecule has 0 bridgehead atoms. The second-order valence-corrected chi connectivity index (χ2v) is 6.19. The number of nitrogens with one attached hydrogen (secondary N) is 1. The summed E-state index contributed by atoms with van der Waals surface area (Å²) in [5, 5.41) is 3.55. The SMILES string of the molecule is Cc1ccccc1CCC(=O)N1C[C@@H]2CCCN[C@@H]2C1. The molecule has 2 aliphatic heterocycles. The third-order valence-electron chi connectivity index (χ3n) is 4.82. The first-order valence-corrected chi connectivity index (χ1v) is 7.79. The van der Waals surface area contributed by atoms with Crippen LogP contribution < -0.4 is 5.32 Å². The van der Waals surface area contributed by atoms with Crippen molar-refractivity contribution in [1.29, 1.82) is 0 Å². The van der Waals surface area contributed by atoms with Gasteiger partial charge in [-0.2, -0.15) is 0 Å².